The lowest BCUT2D eigenvalue weighted by Crippen LogP contribution is -2.66. The Bertz CT molecular complexity index is 858. The summed E-state index contributed by atoms with van der Waals surface area (Å²) in [5, 5.41) is 2.48. The molecule has 6 heteroatoms. The van der Waals surface area contributed by atoms with Gasteiger partial charge in [0.15, 0.2) is 0 Å². The van der Waals surface area contributed by atoms with E-state index in [9.17, 15) is 4.79 Å². The van der Waals surface area contributed by atoms with Crippen molar-refractivity contribution in [3.05, 3.63) is 60.7 Å². The fraction of sp³-hybridized carbons (Fsp3) is 0.618. The van der Waals surface area contributed by atoms with Crippen molar-refractivity contribution in [2.75, 3.05) is 39.6 Å². The van der Waals surface area contributed by atoms with Crippen molar-refractivity contribution in [2.24, 2.45) is 0 Å². The molecule has 224 valence electrons. The predicted molar refractivity (Wildman–Crippen MR) is 168 cm³/mol. The van der Waals surface area contributed by atoms with Gasteiger partial charge in [-0.25, -0.2) is 0 Å². The zero-order chi connectivity index (χ0) is 28.9. The zero-order valence-electron chi connectivity index (χ0n) is 25.6. The first kappa shape index (κ1) is 34.2. The standard InChI is InChI=1S/C34H54O5Si/c1-5-6-7-8-9-10-11-12-19-24-33(35)38-29-27-36-25-26-37-28-30-39-40(34(2,3)4,31-20-15-13-16-21-31)32-22-17-14-18-23-32/h13-18,20-23H,5-12,19,24-30H2,1-4H3. The Kier molecular flexibility index (Phi) is 17.1. The molecule has 0 saturated carbocycles. The number of hydrogen-bond acceptors (Lipinski definition) is 5. The van der Waals surface area contributed by atoms with E-state index in [1.54, 1.807) is 0 Å². The SMILES string of the molecule is CCCCCCCCCCCC(=O)OCCOCCOCCO[Si](c1ccccc1)(c1ccccc1)C(C)(C)C. The van der Waals surface area contributed by atoms with Crippen LogP contribution in [0.4, 0.5) is 0 Å². The lowest BCUT2D eigenvalue weighted by Gasteiger charge is -2.43. The third-order valence-corrected chi connectivity index (χ3v) is 12.4. The Hall–Kier alpha value is -1.99. The maximum Gasteiger partial charge on any atom is 0.305 e. The van der Waals surface area contributed by atoms with Gasteiger partial charge < -0.3 is 18.6 Å². The van der Waals surface area contributed by atoms with E-state index in [1.165, 1.54) is 55.3 Å². The molecule has 2 aromatic rings. The van der Waals surface area contributed by atoms with Crippen LogP contribution in [0.3, 0.4) is 0 Å². The van der Waals surface area contributed by atoms with Crippen molar-refractivity contribution in [3.8, 4) is 0 Å². The lowest BCUT2D eigenvalue weighted by molar-refractivity contribution is -0.145. The number of benzene rings is 2. The second-order valence-corrected chi connectivity index (χ2v) is 15.8. The van der Waals surface area contributed by atoms with Gasteiger partial charge in [-0.05, 0) is 21.8 Å². The van der Waals surface area contributed by atoms with Crippen LogP contribution >= 0.6 is 0 Å². The van der Waals surface area contributed by atoms with Gasteiger partial charge in [-0.1, -0.05) is 140 Å². The maximum atomic E-state index is 11.9. The van der Waals surface area contributed by atoms with Gasteiger partial charge in [-0.3, -0.25) is 4.79 Å². The molecule has 0 radical (unpaired) electrons. The number of esters is 1. The van der Waals surface area contributed by atoms with E-state index in [4.69, 9.17) is 18.6 Å². The van der Waals surface area contributed by atoms with Gasteiger partial charge >= 0.3 is 5.97 Å². The van der Waals surface area contributed by atoms with E-state index in [0.717, 1.165) is 12.8 Å². The van der Waals surface area contributed by atoms with Gasteiger partial charge in [0, 0.05) is 6.42 Å². The van der Waals surface area contributed by atoms with Gasteiger partial charge in [0.2, 0.25) is 0 Å². The maximum absolute atomic E-state index is 11.9. The molecular formula is C34H54O5Si. The van der Waals surface area contributed by atoms with E-state index in [-0.39, 0.29) is 11.0 Å². The van der Waals surface area contributed by atoms with Crippen LogP contribution in [-0.2, 0) is 23.4 Å². The largest absolute Gasteiger partial charge is 0.463 e. The first-order chi connectivity index (χ1) is 19.4. The van der Waals surface area contributed by atoms with Crippen molar-refractivity contribution >= 4 is 24.7 Å². The number of hydrogen-bond donors (Lipinski definition) is 0. The molecule has 2 aromatic carbocycles. The van der Waals surface area contributed by atoms with Crippen molar-refractivity contribution in [2.45, 2.75) is 96.9 Å². The molecule has 0 fully saturated rings. The van der Waals surface area contributed by atoms with Crippen molar-refractivity contribution in [3.63, 3.8) is 0 Å². The highest BCUT2D eigenvalue weighted by Crippen LogP contribution is 2.36. The summed E-state index contributed by atoms with van der Waals surface area (Å²) in [6.07, 6.45) is 11.7. The summed E-state index contributed by atoms with van der Waals surface area (Å²) < 4.78 is 23.5. The fourth-order valence-electron chi connectivity index (χ4n) is 5.20. The molecule has 2 rings (SSSR count). The summed E-state index contributed by atoms with van der Waals surface area (Å²) in [5.41, 5.74) is 0. The Morgan fingerprint density at radius 1 is 0.625 bits per heavy atom. The van der Waals surface area contributed by atoms with Gasteiger partial charge in [0.25, 0.3) is 8.32 Å². The first-order valence-corrected chi connectivity index (χ1v) is 17.4. The van der Waals surface area contributed by atoms with Crippen molar-refractivity contribution in [1.29, 1.82) is 0 Å². The Labute approximate surface area is 245 Å². The van der Waals surface area contributed by atoms with E-state index < -0.39 is 8.32 Å². The highest BCUT2D eigenvalue weighted by Gasteiger charge is 2.49. The average Bonchev–Trinajstić information content (AvgIpc) is 2.95. The van der Waals surface area contributed by atoms with Crippen LogP contribution in [0, 0.1) is 0 Å². The van der Waals surface area contributed by atoms with Gasteiger partial charge in [0.1, 0.15) is 6.61 Å². The minimum absolute atomic E-state index is 0.0515. The third kappa shape index (κ3) is 12.3. The van der Waals surface area contributed by atoms with Crippen molar-refractivity contribution < 1.29 is 23.4 Å². The Morgan fingerprint density at radius 3 is 1.57 bits per heavy atom. The summed E-state index contributed by atoms with van der Waals surface area (Å²) in [4.78, 5) is 11.9. The highest BCUT2D eigenvalue weighted by molar-refractivity contribution is 6.99. The number of carbonyl (C=O) groups excluding carboxylic acids is 1. The van der Waals surface area contributed by atoms with E-state index in [0.29, 0.717) is 46.1 Å². The number of ether oxygens (including phenoxy) is 3. The Balaban J connectivity index is 1.59. The fourth-order valence-corrected chi connectivity index (χ4v) is 9.75. The predicted octanol–water partition coefficient (Wildman–Crippen LogP) is 7.06. The smallest absolute Gasteiger partial charge is 0.305 e. The molecule has 0 atom stereocenters. The minimum atomic E-state index is -2.53. The molecule has 0 unspecified atom stereocenters. The van der Waals surface area contributed by atoms with E-state index in [2.05, 4.69) is 88.4 Å². The molecule has 0 amide bonds. The van der Waals surface area contributed by atoms with Crippen LogP contribution in [0.15, 0.2) is 60.7 Å². The number of carbonyl (C=O) groups is 1. The van der Waals surface area contributed by atoms with Crippen LogP contribution < -0.4 is 10.4 Å². The molecule has 0 N–H and O–H groups in total. The topological polar surface area (TPSA) is 54.0 Å². The van der Waals surface area contributed by atoms with Crippen LogP contribution in [0.5, 0.6) is 0 Å². The summed E-state index contributed by atoms with van der Waals surface area (Å²) in [5.74, 6) is -0.122. The summed E-state index contributed by atoms with van der Waals surface area (Å²) >= 11 is 0. The van der Waals surface area contributed by atoms with Gasteiger partial charge in [-0.15, -0.1) is 0 Å². The van der Waals surface area contributed by atoms with Gasteiger partial charge in [0.05, 0.1) is 33.0 Å². The average molecular weight is 571 g/mol. The summed E-state index contributed by atoms with van der Waals surface area (Å²) in [6, 6.07) is 21.3. The molecule has 0 spiro atoms. The quantitative estimate of drug-likeness (QED) is 0.0862. The molecule has 0 aliphatic rings. The highest BCUT2D eigenvalue weighted by atomic mass is 28.4. The molecule has 0 aliphatic carbocycles. The molecule has 0 aromatic heterocycles. The van der Waals surface area contributed by atoms with Crippen LogP contribution in [0.2, 0.25) is 5.04 Å². The van der Waals surface area contributed by atoms with E-state index >= 15 is 0 Å². The molecular weight excluding hydrogens is 516 g/mol. The Morgan fingerprint density at radius 2 is 1.07 bits per heavy atom. The lowest BCUT2D eigenvalue weighted by atomic mass is 10.1. The van der Waals surface area contributed by atoms with Crippen LogP contribution in [0.1, 0.15) is 91.9 Å². The van der Waals surface area contributed by atoms with Crippen LogP contribution in [-0.4, -0.2) is 53.9 Å². The van der Waals surface area contributed by atoms with E-state index in [1.807, 2.05) is 0 Å². The number of unbranched alkanes of at least 4 members (excludes halogenated alkanes) is 8. The molecule has 40 heavy (non-hydrogen) atoms. The summed E-state index contributed by atoms with van der Waals surface area (Å²) in [6.45, 7) is 11.7. The van der Waals surface area contributed by atoms with Crippen LogP contribution in [0.25, 0.3) is 0 Å². The molecule has 0 saturated heterocycles. The monoisotopic (exact) mass is 570 g/mol. The number of rotatable bonds is 22. The minimum Gasteiger partial charge on any atom is -0.463 e. The second kappa shape index (κ2) is 20.0. The second-order valence-electron chi connectivity index (χ2n) is 11.5. The molecule has 0 bridgehead atoms. The van der Waals surface area contributed by atoms with Gasteiger partial charge in [-0.2, -0.15) is 0 Å². The summed E-state index contributed by atoms with van der Waals surface area (Å²) in [7, 11) is -2.53. The third-order valence-electron chi connectivity index (χ3n) is 7.31. The molecule has 0 heterocycles. The molecule has 5 nitrogen and oxygen atoms in total. The zero-order valence-corrected chi connectivity index (χ0v) is 26.6. The van der Waals surface area contributed by atoms with Crippen molar-refractivity contribution in [1.82, 2.24) is 0 Å². The molecule has 0 aliphatic heterocycles. The first-order valence-electron chi connectivity index (χ1n) is 15.5. The normalized spacial score (nSPS) is 12.0.